The normalized spacial score (nSPS) is 13.6. The number of benzene rings is 1. The van der Waals surface area contributed by atoms with Gasteiger partial charge in [-0.05, 0) is 24.5 Å². The van der Waals surface area contributed by atoms with Crippen molar-refractivity contribution in [2.75, 3.05) is 0 Å². The van der Waals surface area contributed by atoms with Gasteiger partial charge in [-0.3, -0.25) is 10.1 Å². The zero-order valence-corrected chi connectivity index (χ0v) is 9.51. The molecule has 0 fully saturated rings. The molecule has 0 saturated carbocycles. The van der Waals surface area contributed by atoms with E-state index in [1.54, 1.807) is 6.08 Å². The zero-order valence-electron chi connectivity index (χ0n) is 9.51. The Morgan fingerprint density at radius 2 is 2.06 bits per heavy atom. The summed E-state index contributed by atoms with van der Waals surface area (Å²) in [4.78, 5) is 10.0. The highest BCUT2D eigenvalue weighted by atomic mass is 16.6. The number of nitrogens with zero attached hydrogens (tertiary/aromatic N) is 1. The van der Waals surface area contributed by atoms with Crippen molar-refractivity contribution in [1.82, 2.24) is 0 Å². The molecular formula is C12H16N2O2. The van der Waals surface area contributed by atoms with Crippen LogP contribution in [0.2, 0.25) is 0 Å². The Morgan fingerprint density at radius 1 is 1.50 bits per heavy atom. The van der Waals surface area contributed by atoms with Crippen LogP contribution in [0.3, 0.4) is 0 Å². The first-order valence-electron chi connectivity index (χ1n) is 5.16. The van der Waals surface area contributed by atoms with Crippen molar-refractivity contribution in [2.45, 2.75) is 26.3 Å². The van der Waals surface area contributed by atoms with Gasteiger partial charge < -0.3 is 5.73 Å². The summed E-state index contributed by atoms with van der Waals surface area (Å²) in [5, 5.41) is 10.4. The van der Waals surface area contributed by atoms with Crippen molar-refractivity contribution in [3.05, 3.63) is 51.2 Å². The molecule has 1 aromatic carbocycles. The standard InChI is InChI=1S/C12H16N2O2/c1-9(13)7-11-3-5-12(6-4-11)8-10(2)14(15)16/h3-6,8-9H,7,13H2,1-2H3/b10-8-. The third-order valence-corrected chi connectivity index (χ3v) is 2.20. The average molecular weight is 220 g/mol. The Bertz CT molecular complexity index is 394. The fourth-order valence-corrected chi connectivity index (χ4v) is 1.42. The molecule has 4 nitrogen and oxygen atoms in total. The van der Waals surface area contributed by atoms with Gasteiger partial charge in [0.25, 0.3) is 0 Å². The molecule has 0 aliphatic rings. The van der Waals surface area contributed by atoms with Crippen LogP contribution in [0.15, 0.2) is 30.0 Å². The Kier molecular flexibility index (Phi) is 4.19. The van der Waals surface area contributed by atoms with Gasteiger partial charge in [-0.25, -0.2) is 0 Å². The molecule has 1 rings (SSSR count). The molecule has 0 saturated heterocycles. The van der Waals surface area contributed by atoms with E-state index in [-0.39, 0.29) is 11.7 Å². The molecule has 1 aromatic rings. The highest BCUT2D eigenvalue weighted by molar-refractivity contribution is 5.51. The minimum absolute atomic E-state index is 0.127. The molecule has 2 N–H and O–H groups in total. The summed E-state index contributed by atoms with van der Waals surface area (Å²) in [5.41, 5.74) is 7.80. The van der Waals surface area contributed by atoms with Crippen LogP contribution < -0.4 is 5.73 Å². The van der Waals surface area contributed by atoms with Crippen LogP contribution in [0.25, 0.3) is 6.08 Å². The topological polar surface area (TPSA) is 69.2 Å². The van der Waals surface area contributed by atoms with Gasteiger partial charge in [0.1, 0.15) is 0 Å². The van der Waals surface area contributed by atoms with Crippen LogP contribution in [0.5, 0.6) is 0 Å². The monoisotopic (exact) mass is 220 g/mol. The van der Waals surface area contributed by atoms with Crippen LogP contribution in [0, 0.1) is 10.1 Å². The molecule has 1 unspecified atom stereocenters. The molecule has 0 amide bonds. The van der Waals surface area contributed by atoms with Crippen molar-refractivity contribution in [3.63, 3.8) is 0 Å². The number of nitro groups is 1. The molecule has 0 aromatic heterocycles. The number of allylic oxidation sites excluding steroid dienone is 1. The Labute approximate surface area is 94.9 Å². The van der Waals surface area contributed by atoms with Crippen LogP contribution in [-0.2, 0) is 6.42 Å². The van der Waals surface area contributed by atoms with Crippen molar-refractivity contribution >= 4 is 6.08 Å². The number of rotatable bonds is 4. The predicted octanol–water partition coefficient (Wildman–Crippen LogP) is 2.21. The largest absolute Gasteiger partial charge is 0.328 e. The summed E-state index contributed by atoms with van der Waals surface area (Å²) < 4.78 is 0. The summed E-state index contributed by atoms with van der Waals surface area (Å²) >= 11 is 0. The first-order chi connectivity index (χ1) is 7.49. The van der Waals surface area contributed by atoms with Gasteiger partial charge in [0.2, 0.25) is 5.70 Å². The van der Waals surface area contributed by atoms with Crippen molar-refractivity contribution < 1.29 is 4.92 Å². The van der Waals surface area contributed by atoms with E-state index in [1.807, 2.05) is 31.2 Å². The van der Waals surface area contributed by atoms with Gasteiger partial charge in [-0.1, -0.05) is 24.3 Å². The van der Waals surface area contributed by atoms with E-state index in [4.69, 9.17) is 5.73 Å². The molecule has 0 radical (unpaired) electrons. The number of nitrogens with two attached hydrogens (primary N) is 1. The third kappa shape index (κ3) is 3.82. The van der Waals surface area contributed by atoms with Crippen LogP contribution >= 0.6 is 0 Å². The number of hydrogen-bond donors (Lipinski definition) is 1. The summed E-state index contributed by atoms with van der Waals surface area (Å²) in [6, 6.07) is 7.75. The maximum Gasteiger partial charge on any atom is 0.243 e. The summed E-state index contributed by atoms with van der Waals surface area (Å²) in [7, 11) is 0. The maximum atomic E-state index is 10.4. The van der Waals surface area contributed by atoms with Crippen LogP contribution in [0.4, 0.5) is 0 Å². The summed E-state index contributed by atoms with van der Waals surface area (Å²) in [6.45, 7) is 3.43. The van der Waals surface area contributed by atoms with Gasteiger partial charge in [-0.15, -0.1) is 0 Å². The fraction of sp³-hybridized carbons (Fsp3) is 0.333. The second-order valence-corrected chi connectivity index (χ2v) is 3.97. The molecular weight excluding hydrogens is 204 g/mol. The summed E-state index contributed by atoms with van der Waals surface area (Å²) in [5.74, 6) is 0. The van der Waals surface area contributed by atoms with E-state index in [0.29, 0.717) is 0 Å². The molecule has 16 heavy (non-hydrogen) atoms. The van der Waals surface area contributed by atoms with Gasteiger partial charge >= 0.3 is 0 Å². The van der Waals surface area contributed by atoms with E-state index in [2.05, 4.69) is 0 Å². The molecule has 1 atom stereocenters. The minimum Gasteiger partial charge on any atom is -0.328 e. The Balaban J connectivity index is 2.79. The molecule has 0 bridgehead atoms. The lowest BCUT2D eigenvalue weighted by molar-refractivity contribution is -0.422. The zero-order chi connectivity index (χ0) is 12.1. The molecule has 0 aliphatic heterocycles. The molecule has 0 heterocycles. The second kappa shape index (κ2) is 5.42. The van der Waals surface area contributed by atoms with Gasteiger partial charge in [0, 0.05) is 19.0 Å². The highest BCUT2D eigenvalue weighted by Crippen LogP contribution is 2.10. The highest BCUT2D eigenvalue weighted by Gasteiger charge is 2.02. The van der Waals surface area contributed by atoms with Crippen molar-refractivity contribution in [3.8, 4) is 0 Å². The smallest absolute Gasteiger partial charge is 0.243 e. The van der Waals surface area contributed by atoms with Gasteiger partial charge in [0.05, 0.1) is 4.92 Å². The van der Waals surface area contributed by atoms with E-state index >= 15 is 0 Å². The lowest BCUT2D eigenvalue weighted by atomic mass is 10.1. The molecule has 86 valence electrons. The molecule has 4 heteroatoms. The SMILES string of the molecule is C/C(=C/c1ccc(CC(C)N)cc1)[N+](=O)[O-]. The second-order valence-electron chi connectivity index (χ2n) is 3.97. The van der Waals surface area contributed by atoms with E-state index in [9.17, 15) is 10.1 Å². The molecule has 0 aliphatic carbocycles. The van der Waals surface area contributed by atoms with Gasteiger partial charge in [-0.2, -0.15) is 0 Å². The van der Waals surface area contributed by atoms with Gasteiger partial charge in [0.15, 0.2) is 0 Å². The lowest BCUT2D eigenvalue weighted by Gasteiger charge is -2.04. The first-order valence-corrected chi connectivity index (χ1v) is 5.16. The van der Waals surface area contributed by atoms with E-state index < -0.39 is 4.92 Å². The lowest BCUT2D eigenvalue weighted by Crippen LogP contribution is -2.17. The third-order valence-electron chi connectivity index (χ3n) is 2.20. The minimum atomic E-state index is -0.393. The van der Waals surface area contributed by atoms with E-state index in [0.717, 1.165) is 17.5 Å². The van der Waals surface area contributed by atoms with Crippen molar-refractivity contribution in [2.24, 2.45) is 5.73 Å². The van der Waals surface area contributed by atoms with Crippen LogP contribution in [0.1, 0.15) is 25.0 Å². The quantitative estimate of drug-likeness (QED) is 0.624. The Morgan fingerprint density at radius 3 is 2.50 bits per heavy atom. The van der Waals surface area contributed by atoms with Crippen molar-refractivity contribution in [1.29, 1.82) is 0 Å². The van der Waals surface area contributed by atoms with Crippen LogP contribution in [-0.4, -0.2) is 11.0 Å². The molecule has 0 spiro atoms. The van der Waals surface area contributed by atoms with E-state index in [1.165, 1.54) is 6.92 Å². The maximum absolute atomic E-state index is 10.4. The average Bonchev–Trinajstić information content (AvgIpc) is 2.20. The first kappa shape index (κ1) is 12.4. The number of hydrogen-bond acceptors (Lipinski definition) is 3. The fourth-order valence-electron chi connectivity index (χ4n) is 1.42. The predicted molar refractivity (Wildman–Crippen MR) is 64.4 cm³/mol. The summed E-state index contributed by atoms with van der Waals surface area (Å²) in [6.07, 6.45) is 2.37. The Hall–Kier alpha value is -1.68.